The predicted molar refractivity (Wildman–Crippen MR) is 59.4 cm³/mol. The van der Waals surface area contributed by atoms with Crippen LogP contribution in [0.15, 0.2) is 12.2 Å². The summed E-state index contributed by atoms with van der Waals surface area (Å²) in [5.41, 5.74) is 0.0290. The highest BCUT2D eigenvalue weighted by molar-refractivity contribution is 5.89. The highest BCUT2D eigenvalue weighted by atomic mass is 16.2. The molecule has 0 atom stereocenters. The average molecular weight is 209 g/mol. The molecule has 0 bridgehead atoms. The topological polar surface area (TPSA) is 37.4 Å². The number of amides is 1. The van der Waals surface area contributed by atoms with Gasteiger partial charge in [-0.2, -0.15) is 0 Å². The van der Waals surface area contributed by atoms with Gasteiger partial charge in [0.1, 0.15) is 5.78 Å². The van der Waals surface area contributed by atoms with Crippen LogP contribution in [0.4, 0.5) is 0 Å². The summed E-state index contributed by atoms with van der Waals surface area (Å²) in [5, 5.41) is 0. The maximum atomic E-state index is 11.7. The molecule has 15 heavy (non-hydrogen) atoms. The molecule has 1 saturated heterocycles. The van der Waals surface area contributed by atoms with Crippen LogP contribution in [0.5, 0.6) is 0 Å². The molecule has 0 aromatic carbocycles. The molecule has 1 heterocycles. The SMILES string of the molecule is CC(C)(C)/C=C\C(=O)N1CCC(=O)CC1. The molecule has 1 amide bonds. The van der Waals surface area contributed by atoms with Gasteiger partial charge >= 0.3 is 0 Å². The minimum atomic E-state index is 0.0254. The molecule has 3 heteroatoms. The zero-order valence-corrected chi connectivity index (χ0v) is 9.75. The lowest BCUT2D eigenvalue weighted by Gasteiger charge is -2.25. The van der Waals surface area contributed by atoms with Crippen molar-refractivity contribution in [1.29, 1.82) is 0 Å². The van der Waals surface area contributed by atoms with Gasteiger partial charge in [-0.15, -0.1) is 0 Å². The van der Waals surface area contributed by atoms with E-state index in [0.29, 0.717) is 25.9 Å². The smallest absolute Gasteiger partial charge is 0.246 e. The lowest BCUT2D eigenvalue weighted by molar-refractivity contribution is -0.130. The van der Waals surface area contributed by atoms with E-state index in [4.69, 9.17) is 0 Å². The van der Waals surface area contributed by atoms with Crippen molar-refractivity contribution in [2.75, 3.05) is 13.1 Å². The molecular formula is C12H19NO2. The Labute approximate surface area is 91.1 Å². The van der Waals surface area contributed by atoms with Crippen LogP contribution in [0.3, 0.4) is 0 Å². The number of Topliss-reactive ketones (excluding diaryl/α,β-unsaturated/α-hetero) is 1. The minimum Gasteiger partial charge on any atom is -0.338 e. The Bertz CT molecular complexity index is 276. The summed E-state index contributed by atoms with van der Waals surface area (Å²) in [6.07, 6.45) is 4.55. The number of nitrogens with zero attached hydrogens (tertiary/aromatic N) is 1. The number of piperidine rings is 1. The molecular weight excluding hydrogens is 190 g/mol. The Hall–Kier alpha value is -1.12. The van der Waals surface area contributed by atoms with Gasteiger partial charge in [0.15, 0.2) is 0 Å². The van der Waals surface area contributed by atoms with Crippen LogP contribution in [-0.4, -0.2) is 29.7 Å². The Kier molecular flexibility index (Phi) is 3.66. The number of ketones is 1. The average Bonchev–Trinajstić information content (AvgIpc) is 2.14. The minimum absolute atomic E-state index is 0.0254. The van der Waals surface area contributed by atoms with Crippen LogP contribution in [0.1, 0.15) is 33.6 Å². The van der Waals surface area contributed by atoms with E-state index in [1.807, 2.05) is 6.08 Å². The van der Waals surface area contributed by atoms with Crippen LogP contribution in [0.25, 0.3) is 0 Å². The lowest BCUT2D eigenvalue weighted by Crippen LogP contribution is -2.37. The number of hydrogen-bond acceptors (Lipinski definition) is 2. The first kappa shape index (κ1) is 12.0. The van der Waals surface area contributed by atoms with Gasteiger partial charge in [0, 0.05) is 25.9 Å². The summed E-state index contributed by atoms with van der Waals surface area (Å²) >= 11 is 0. The number of rotatable bonds is 1. The molecule has 3 nitrogen and oxygen atoms in total. The summed E-state index contributed by atoms with van der Waals surface area (Å²) in [7, 11) is 0. The molecule has 84 valence electrons. The van der Waals surface area contributed by atoms with Crippen molar-refractivity contribution >= 4 is 11.7 Å². The van der Waals surface area contributed by atoms with E-state index in [9.17, 15) is 9.59 Å². The second-order valence-electron chi connectivity index (χ2n) is 5.06. The number of carbonyl (C=O) groups excluding carboxylic acids is 2. The van der Waals surface area contributed by atoms with Crippen molar-refractivity contribution < 1.29 is 9.59 Å². The van der Waals surface area contributed by atoms with Gasteiger partial charge in [-0.25, -0.2) is 0 Å². The summed E-state index contributed by atoms with van der Waals surface area (Å²) in [4.78, 5) is 24.4. The fraction of sp³-hybridized carbons (Fsp3) is 0.667. The fourth-order valence-electron chi connectivity index (χ4n) is 1.40. The van der Waals surface area contributed by atoms with Gasteiger partial charge in [-0.3, -0.25) is 9.59 Å². The standard InChI is InChI=1S/C12H19NO2/c1-12(2,3)7-4-11(15)13-8-5-10(14)6-9-13/h4,7H,5-6,8-9H2,1-3H3/b7-4-. The maximum absolute atomic E-state index is 11.7. The Morgan fingerprint density at radius 2 is 1.80 bits per heavy atom. The molecule has 0 saturated carbocycles. The zero-order chi connectivity index (χ0) is 11.5. The van der Waals surface area contributed by atoms with Crippen molar-refractivity contribution in [2.45, 2.75) is 33.6 Å². The molecule has 0 unspecified atom stereocenters. The van der Waals surface area contributed by atoms with E-state index in [1.54, 1.807) is 11.0 Å². The number of carbonyl (C=O) groups is 2. The normalized spacial score (nSPS) is 18.6. The highest BCUT2D eigenvalue weighted by Gasteiger charge is 2.19. The van der Waals surface area contributed by atoms with E-state index < -0.39 is 0 Å². The molecule has 1 aliphatic rings. The van der Waals surface area contributed by atoms with E-state index in [-0.39, 0.29) is 17.1 Å². The first-order valence-corrected chi connectivity index (χ1v) is 5.38. The molecule has 0 radical (unpaired) electrons. The molecule has 1 rings (SSSR count). The predicted octanol–water partition coefficient (Wildman–Crippen LogP) is 1.78. The highest BCUT2D eigenvalue weighted by Crippen LogP contribution is 2.15. The van der Waals surface area contributed by atoms with E-state index in [2.05, 4.69) is 20.8 Å². The van der Waals surface area contributed by atoms with Crippen molar-refractivity contribution in [3.63, 3.8) is 0 Å². The maximum Gasteiger partial charge on any atom is 0.246 e. The first-order chi connectivity index (χ1) is 6.88. The second kappa shape index (κ2) is 4.60. The molecule has 0 spiro atoms. The number of hydrogen-bond donors (Lipinski definition) is 0. The molecule has 1 fully saturated rings. The van der Waals surface area contributed by atoms with Crippen LogP contribution < -0.4 is 0 Å². The third-order valence-corrected chi connectivity index (χ3v) is 2.36. The van der Waals surface area contributed by atoms with Gasteiger partial charge in [-0.05, 0) is 11.5 Å². The van der Waals surface area contributed by atoms with Crippen molar-refractivity contribution in [3.8, 4) is 0 Å². The molecule has 0 aliphatic carbocycles. The first-order valence-electron chi connectivity index (χ1n) is 5.38. The van der Waals surface area contributed by atoms with Crippen LogP contribution >= 0.6 is 0 Å². The molecule has 0 aromatic rings. The Balaban J connectivity index is 2.48. The van der Waals surface area contributed by atoms with Crippen molar-refractivity contribution in [1.82, 2.24) is 4.90 Å². The van der Waals surface area contributed by atoms with Crippen LogP contribution in [-0.2, 0) is 9.59 Å². The van der Waals surface area contributed by atoms with Gasteiger partial charge in [-0.1, -0.05) is 26.8 Å². The number of allylic oxidation sites excluding steroid dienone is 1. The van der Waals surface area contributed by atoms with E-state index in [1.165, 1.54) is 0 Å². The monoisotopic (exact) mass is 209 g/mol. The van der Waals surface area contributed by atoms with Gasteiger partial charge in [0.05, 0.1) is 0 Å². The zero-order valence-electron chi connectivity index (χ0n) is 9.75. The summed E-state index contributed by atoms with van der Waals surface area (Å²) in [6, 6.07) is 0. The Morgan fingerprint density at radius 1 is 1.27 bits per heavy atom. The Morgan fingerprint density at radius 3 is 2.27 bits per heavy atom. The summed E-state index contributed by atoms with van der Waals surface area (Å²) in [5.74, 6) is 0.288. The fourth-order valence-corrected chi connectivity index (χ4v) is 1.40. The van der Waals surface area contributed by atoms with Crippen molar-refractivity contribution in [2.24, 2.45) is 5.41 Å². The molecule has 1 aliphatic heterocycles. The van der Waals surface area contributed by atoms with Crippen molar-refractivity contribution in [3.05, 3.63) is 12.2 Å². The van der Waals surface area contributed by atoms with Crippen LogP contribution in [0, 0.1) is 5.41 Å². The van der Waals surface area contributed by atoms with Gasteiger partial charge in [0.25, 0.3) is 0 Å². The van der Waals surface area contributed by atoms with Crippen LogP contribution in [0.2, 0.25) is 0 Å². The van der Waals surface area contributed by atoms with E-state index in [0.717, 1.165) is 0 Å². The third kappa shape index (κ3) is 4.28. The quantitative estimate of drug-likeness (QED) is 0.617. The van der Waals surface area contributed by atoms with E-state index >= 15 is 0 Å². The lowest BCUT2D eigenvalue weighted by atomic mass is 9.96. The summed E-state index contributed by atoms with van der Waals surface area (Å²) < 4.78 is 0. The van der Waals surface area contributed by atoms with Gasteiger partial charge < -0.3 is 4.90 Å². The largest absolute Gasteiger partial charge is 0.338 e. The second-order valence-corrected chi connectivity index (χ2v) is 5.06. The third-order valence-electron chi connectivity index (χ3n) is 2.36. The van der Waals surface area contributed by atoms with Gasteiger partial charge in [0.2, 0.25) is 5.91 Å². The number of likely N-dealkylation sites (tertiary alicyclic amines) is 1. The molecule has 0 N–H and O–H groups in total. The molecule has 0 aromatic heterocycles. The summed E-state index contributed by atoms with van der Waals surface area (Å²) in [6.45, 7) is 7.31.